The summed E-state index contributed by atoms with van der Waals surface area (Å²) >= 11 is 11.6. The van der Waals surface area contributed by atoms with Gasteiger partial charge in [-0.15, -0.1) is 0 Å². The largest absolute Gasteiger partial charge is 0.501 e. The Morgan fingerprint density at radius 3 is 1.38 bits per heavy atom. The third-order valence-corrected chi connectivity index (χ3v) is 16.9. The van der Waals surface area contributed by atoms with Crippen LogP contribution in [0, 0.1) is 0 Å². The molecule has 4 N–H and O–H groups in total. The van der Waals surface area contributed by atoms with E-state index in [0.717, 1.165) is 17.8 Å². The van der Waals surface area contributed by atoms with Crippen LogP contribution < -0.4 is 21.3 Å². The van der Waals surface area contributed by atoms with Crippen LogP contribution in [0.3, 0.4) is 0 Å². The van der Waals surface area contributed by atoms with E-state index in [4.69, 9.17) is 32.0 Å². The van der Waals surface area contributed by atoms with Crippen molar-refractivity contribution >= 4 is 76.3 Å². The van der Waals surface area contributed by atoms with Gasteiger partial charge in [-0.2, -0.15) is 21.8 Å². The minimum Gasteiger partial charge on any atom is -0.446 e. The van der Waals surface area contributed by atoms with Crippen molar-refractivity contribution in [2.75, 3.05) is 36.8 Å². The first-order chi connectivity index (χ1) is 33.7. The molecule has 24 heteroatoms. The molecular weight excluding hydrogens is 1030 g/mol. The lowest BCUT2D eigenvalue weighted by atomic mass is 10.1. The first kappa shape index (κ1) is 52.9. The second kappa shape index (κ2) is 22.7. The zero-order valence-corrected chi connectivity index (χ0v) is 41.4. The molecule has 0 saturated carbocycles. The SMILES string of the molecule is O=C(NCc1ccc(S(=O)(=O)N2CCC(Nc3cccc(S(=O)(=O)C(F)(F)F)c3)CC2)o1)c1ccc(Cl)cc1.O=C(NCc1ccc(S(=O)(=O)N2CCC(Nc3ccccc3)CC2)o1)c1ccc(Cl)cc1. The highest BCUT2D eigenvalue weighted by Gasteiger charge is 2.47. The second-order valence-electron chi connectivity index (χ2n) is 16.3. The molecule has 2 fully saturated rings. The van der Waals surface area contributed by atoms with E-state index in [1.54, 1.807) is 54.6 Å². The average Bonchev–Trinajstić information content (AvgIpc) is 4.05. The van der Waals surface area contributed by atoms with Gasteiger partial charge in [0, 0.05) is 70.8 Å². The molecule has 0 bridgehead atoms. The van der Waals surface area contributed by atoms with Crippen LogP contribution in [0.15, 0.2) is 151 Å². The fraction of sp³-hybridized carbons (Fsp3) is 0.277. The maximum atomic E-state index is 13.0. The van der Waals surface area contributed by atoms with Gasteiger partial charge < -0.3 is 30.1 Å². The van der Waals surface area contributed by atoms with Crippen molar-refractivity contribution in [2.24, 2.45) is 0 Å². The Balaban J connectivity index is 0.000000213. The summed E-state index contributed by atoms with van der Waals surface area (Å²) in [6.45, 7) is 1.08. The number of anilines is 2. The molecule has 4 aromatic carbocycles. The predicted octanol–water partition coefficient (Wildman–Crippen LogP) is 8.55. The molecule has 2 aliphatic rings. The van der Waals surface area contributed by atoms with Crippen molar-refractivity contribution in [1.29, 1.82) is 0 Å². The molecule has 378 valence electrons. The van der Waals surface area contributed by atoms with Crippen LogP contribution in [-0.4, -0.2) is 89.4 Å². The summed E-state index contributed by atoms with van der Waals surface area (Å²) < 4.78 is 128. The summed E-state index contributed by atoms with van der Waals surface area (Å²) in [6.07, 6.45) is 2.05. The molecule has 2 aliphatic heterocycles. The molecule has 0 spiro atoms. The first-order valence-corrected chi connectivity index (χ1v) is 27.1. The van der Waals surface area contributed by atoms with E-state index in [-0.39, 0.29) is 71.7 Å². The Bertz CT molecular complexity index is 3130. The number of nitrogens with zero attached hydrogens (tertiary/aromatic N) is 2. The van der Waals surface area contributed by atoms with Gasteiger partial charge in [-0.1, -0.05) is 47.5 Å². The number of halogens is 5. The van der Waals surface area contributed by atoms with Crippen molar-refractivity contribution in [2.45, 2.75) is 71.4 Å². The predicted molar refractivity (Wildman–Crippen MR) is 260 cm³/mol. The molecule has 2 saturated heterocycles. The van der Waals surface area contributed by atoms with E-state index in [9.17, 15) is 48.0 Å². The number of para-hydroxylation sites is 1. The van der Waals surface area contributed by atoms with Crippen molar-refractivity contribution in [1.82, 2.24) is 19.2 Å². The fourth-order valence-corrected chi connectivity index (χ4v) is 11.4. The van der Waals surface area contributed by atoms with Crippen molar-refractivity contribution in [3.63, 3.8) is 0 Å². The Morgan fingerprint density at radius 1 is 0.549 bits per heavy atom. The van der Waals surface area contributed by atoms with Gasteiger partial charge in [0.05, 0.1) is 18.0 Å². The Hall–Kier alpha value is -5.88. The number of alkyl halides is 3. The van der Waals surface area contributed by atoms with Gasteiger partial charge >= 0.3 is 5.51 Å². The Labute approximate surface area is 418 Å². The number of hydrogen-bond donors (Lipinski definition) is 4. The van der Waals surface area contributed by atoms with Crippen molar-refractivity contribution in [3.8, 4) is 0 Å². The van der Waals surface area contributed by atoms with E-state index in [2.05, 4.69) is 21.3 Å². The van der Waals surface area contributed by atoms with E-state index in [0.29, 0.717) is 65.7 Å². The summed E-state index contributed by atoms with van der Waals surface area (Å²) in [4.78, 5) is 23.6. The molecule has 0 atom stereocenters. The number of rotatable bonds is 15. The lowest BCUT2D eigenvalue weighted by molar-refractivity contribution is -0.0436. The number of carbonyl (C=O) groups is 2. The van der Waals surface area contributed by atoms with Crippen LogP contribution in [-0.2, 0) is 43.0 Å². The molecule has 2 amide bonds. The van der Waals surface area contributed by atoms with Crippen LogP contribution in [0.1, 0.15) is 57.9 Å². The highest BCUT2D eigenvalue weighted by atomic mass is 35.5. The highest BCUT2D eigenvalue weighted by molar-refractivity contribution is 7.92. The molecule has 0 aliphatic carbocycles. The number of furan rings is 2. The fourth-order valence-electron chi connectivity index (χ4n) is 7.55. The number of piperidine rings is 2. The van der Waals surface area contributed by atoms with Crippen molar-refractivity contribution < 1.29 is 56.8 Å². The standard InChI is InChI=1S/C24H23ClF3N3O6S2.C23H24ClN3O4S/c25-17-6-4-16(5-7-17)23(32)29-15-20-8-9-22(37-20)39(35,36)31-12-10-18(11-13-31)30-19-2-1-3-21(14-19)38(33,34)24(26,27)28;24-18-8-6-17(7-9-18)23(28)25-16-21-10-11-22(31-21)32(29,30)27-14-12-20(13-15-27)26-19-4-2-1-3-5-19/h1-9,14,18,30H,10-13,15H2,(H,29,32);1-11,20,26H,12-16H2,(H,25,28). The summed E-state index contributed by atoms with van der Waals surface area (Å²) in [7, 11) is -13.2. The number of nitrogens with one attached hydrogen (secondary N) is 4. The van der Waals surface area contributed by atoms with E-state index < -0.39 is 40.3 Å². The average molecular weight is 1080 g/mol. The maximum absolute atomic E-state index is 13.0. The molecule has 0 unspecified atom stereocenters. The summed E-state index contributed by atoms with van der Waals surface area (Å²) in [5.41, 5.74) is -3.37. The van der Waals surface area contributed by atoms with Gasteiger partial charge in [0.2, 0.25) is 10.2 Å². The number of sulfone groups is 1. The van der Waals surface area contributed by atoms with Crippen LogP contribution in [0.2, 0.25) is 10.0 Å². The second-order valence-corrected chi connectivity index (χ2v) is 22.9. The molecule has 0 radical (unpaired) electrons. The number of carbonyl (C=O) groups excluding carboxylic acids is 2. The molecular formula is C47H47Cl2F3N6O10S3. The number of benzene rings is 4. The molecule has 71 heavy (non-hydrogen) atoms. The Kier molecular flexibility index (Phi) is 16.9. The number of sulfonamides is 2. The van der Waals surface area contributed by atoms with Gasteiger partial charge in [0.25, 0.3) is 41.7 Å². The summed E-state index contributed by atoms with van der Waals surface area (Å²) in [6, 6.07) is 32.7. The van der Waals surface area contributed by atoms with Crippen LogP contribution in [0.25, 0.3) is 0 Å². The van der Waals surface area contributed by atoms with E-state index in [1.165, 1.54) is 38.9 Å². The smallest absolute Gasteiger partial charge is 0.446 e. The topological polar surface area (TPSA) is 217 Å². The molecule has 16 nitrogen and oxygen atoms in total. The Morgan fingerprint density at radius 2 is 0.958 bits per heavy atom. The number of amides is 2. The molecule has 4 heterocycles. The quantitative estimate of drug-likeness (QED) is 0.0761. The lowest BCUT2D eigenvalue weighted by Crippen LogP contribution is -2.42. The molecule has 6 aromatic rings. The molecule has 8 rings (SSSR count). The van der Waals surface area contributed by atoms with Gasteiger partial charge in [-0.25, -0.2) is 25.3 Å². The highest BCUT2D eigenvalue weighted by Crippen LogP contribution is 2.32. The van der Waals surface area contributed by atoms with Crippen LogP contribution in [0.5, 0.6) is 0 Å². The zero-order chi connectivity index (χ0) is 51.0. The minimum absolute atomic E-state index is 0.0356. The van der Waals surface area contributed by atoms with Gasteiger partial charge in [0.1, 0.15) is 11.5 Å². The third-order valence-electron chi connectivity index (χ3n) is 11.4. The third kappa shape index (κ3) is 13.6. The minimum atomic E-state index is -5.49. The van der Waals surface area contributed by atoms with Crippen molar-refractivity contribution in [3.05, 3.63) is 160 Å². The van der Waals surface area contributed by atoms with Gasteiger partial charge in [-0.3, -0.25) is 9.59 Å². The normalized spacial score (nSPS) is 15.6. The molecule has 2 aromatic heterocycles. The number of hydrogen-bond acceptors (Lipinski definition) is 12. The lowest BCUT2D eigenvalue weighted by Gasteiger charge is -2.31. The van der Waals surface area contributed by atoms with Gasteiger partial charge in [0.15, 0.2) is 0 Å². The van der Waals surface area contributed by atoms with E-state index in [1.807, 2.05) is 30.3 Å². The monoisotopic (exact) mass is 1080 g/mol. The van der Waals surface area contributed by atoms with Crippen LogP contribution in [0.4, 0.5) is 24.5 Å². The zero-order valence-electron chi connectivity index (χ0n) is 37.4. The summed E-state index contributed by atoms with van der Waals surface area (Å²) in [5, 5.41) is 12.4. The first-order valence-electron chi connectivity index (χ1n) is 21.9. The van der Waals surface area contributed by atoms with Crippen LogP contribution >= 0.6 is 23.2 Å². The maximum Gasteiger partial charge on any atom is 0.501 e. The van der Waals surface area contributed by atoms with E-state index >= 15 is 0 Å². The summed E-state index contributed by atoms with van der Waals surface area (Å²) in [5.74, 6) is -0.0771. The van der Waals surface area contributed by atoms with Gasteiger partial charge in [-0.05, 0) is 129 Å².